The molecule has 0 aliphatic carbocycles. The molecule has 0 aliphatic rings. The maximum absolute atomic E-state index is 10.8. The van der Waals surface area contributed by atoms with Crippen LogP contribution in [-0.2, 0) is 0 Å². The molecule has 0 aliphatic heterocycles. The molecule has 18 heavy (non-hydrogen) atoms. The van der Waals surface area contributed by atoms with E-state index in [1.807, 2.05) is 0 Å². The summed E-state index contributed by atoms with van der Waals surface area (Å²) in [6, 6.07) is 11.8. The van der Waals surface area contributed by atoms with Crippen LogP contribution in [0.3, 0.4) is 0 Å². The highest BCUT2D eigenvalue weighted by Gasteiger charge is 2.09. The van der Waals surface area contributed by atoms with Crippen molar-refractivity contribution in [1.82, 2.24) is 4.98 Å². The van der Waals surface area contributed by atoms with Crippen LogP contribution in [0.5, 0.6) is 0 Å². The van der Waals surface area contributed by atoms with E-state index in [-0.39, 0.29) is 13.1 Å². The van der Waals surface area contributed by atoms with Gasteiger partial charge < -0.3 is 0 Å². The summed E-state index contributed by atoms with van der Waals surface area (Å²) in [4.78, 5) is 18.4. The summed E-state index contributed by atoms with van der Waals surface area (Å²) in [6.45, 7) is 0. The minimum absolute atomic E-state index is 0. The molecule has 0 amide bonds. The molecule has 1 aromatic carbocycles. The Morgan fingerprint density at radius 3 is 2.56 bits per heavy atom. The molecule has 0 atom stereocenters. The number of aromatic nitrogens is 1. The number of aliphatic imine (C=N–C) groups is 1. The van der Waals surface area contributed by atoms with E-state index in [1.54, 1.807) is 42.6 Å². The van der Waals surface area contributed by atoms with Gasteiger partial charge in [0.2, 0.25) is 0 Å². The van der Waals surface area contributed by atoms with Gasteiger partial charge in [-0.3, -0.25) is 10.1 Å². The largest absolute Gasteiger partial charge is 0.278 e. The van der Waals surface area contributed by atoms with Gasteiger partial charge in [0.05, 0.1) is 10.5 Å². The van der Waals surface area contributed by atoms with Crippen LogP contribution < -0.4 is 0 Å². The van der Waals surface area contributed by atoms with Gasteiger partial charge in [-0.25, -0.2) is 9.98 Å². The number of nitrogens with zero attached hydrogens (tertiary/aromatic N) is 3. The molecule has 0 unspecified atom stereocenters. The van der Waals surface area contributed by atoms with Crippen LogP contribution >= 0.6 is 0 Å². The first-order valence-electron chi connectivity index (χ1n) is 4.96. The van der Waals surface area contributed by atoms with Gasteiger partial charge in [0.15, 0.2) is 5.82 Å². The third-order valence-electron chi connectivity index (χ3n) is 2.12. The Kier molecular flexibility index (Phi) is 4.68. The Morgan fingerprint density at radius 1 is 1.17 bits per heavy atom. The SMILES string of the molecule is C.O=[N+]([O-])c1ccccc1C=Nc1ccccn1. The van der Waals surface area contributed by atoms with Gasteiger partial charge in [-0.1, -0.05) is 25.6 Å². The standard InChI is InChI=1S/C12H9N3O2.CH4/c16-15(17)11-6-2-1-5-10(11)9-14-12-7-3-4-8-13-12;/h1-9H;1H4. The Morgan fingerprint density at radius 2 is 1.89 bits per heavy atom. The van der Waals surface area contributed by atoms with E-state index in [0.717, 1.165) is 0 Å². The highest BCUT2D eigenvalue weighted by Crippen LogP contribution is 2.16. The molecule has 0 saturated heterocycles. The summed E-state index contributed by atoms with van der Waals surface area (Å²) in [5, 5.41) is 10.8. The maximum atomic E-state index is 10.8. The van der Waals surface area contributed by atoms with Crippen molar-refractivity contribution >= 4 is 17.7 Å². The second-order valence-electron chi connectivity index (χ2n) is 3.26. The number of rotatable bonds is 3. The van der Waals surface area contributed by atoms with E-state index < -0.39 is 4.92 Å². The minimum Gasteiger partial charge on any atom is -0.258 e. The summed E-state index contributed by atoms with van der Waals surface area (Å²) in [5.74, 6) is 0.519. The first-order valence-corrected chi connectivity index (χ1v) is 4.96. The first-order chi connectivity index (χ1) is 8.27. The minimum atomic E-state index is -0.431. The molecule has 2 rings (SSSR count). The third kappa shape index (κ3) is 3.21. The van der Waals surface area contributed by atoms with Gasteiger partial charge in [-0.15, -0.1) is 0 Å². The number of nitro groups is 1. The maximum Gasteiger partial charge on any atom is 0.278 e. The first kappa shape index (κ1) is 13.5. The van der Waals surface area contributed by atoms with E-state index in [2.05, 4.69) is 9.98 Å². The Hall–Kier alpha value is -2.56. The number of hydrogen-bond acceptors (Lipinski definition) is 4. The van der Waals surface area contributed by atoms with Crippen molar-refractivity contribution < 1.29 is 4.92 Å². The zero-order valence-electron chi connectivity index (χ0n) is 8.85. The third-order valence-corrected chi connectivity index (χ3v) is 2.12. The van der Waals surface area contributed by atoms with Gasteiger partial charge in [0.25, 0.3) is 5.69 Å². The monoisotopic (exact) mass is 243 g/mol. The summed E-state index contributed by atoms with van der Waals surface area (Å²) < 4.78 is 0. The molecule has 0 saturated carbocycles. The number of para-hydroxylation sites is 1. The van der Waals surface area contributed by atoms with Gasteiger partial charge >= 0.3 is 0 Å². The average molecular weight is 243 g/mol. The van der Waals surface area contributed by atoms with E-state index in [9.17, 15) is 10.1 Å². The molecule has 5 nitrogen and oxygen atoms in total. The molecule has 0 fully saturated rings. The van der Waals surface area contributed by atoms with Crippen molar-refractivity contribution in [3.8, 4) is 0 Å². The topological polar surface area (TPSA) is 68.4 Å². The fraction of sp³-hybridized carbons (Fsp3) is 0.0769. The molecular weight excluding hydrogens is 230 g/mol. The average Bonchev–Trinajstić information content (AvgIpc) is 2.38. The van der Waals surface area contributed by atoms with E-state index >= 15 is 0 Å². The number of nitro benzene ring substituents is 1. The van der Waals surface area contributed by atoms with Gasteiger partial charge in [-0.2, -0.15) is 0 Å². The van der Waals surface area contributed by atoms with E-state index in [1.165, 1.54) is 12.3 Å². The highest BCUT2D eigenvalue weighted by atomic mass is 16.6. The number of hydrogen-bond donors (Lipinski definition) is 0. The molecule has 0 N–H and O–H groups in total. The molecule has 0 bridgehead atoms. The van der Waals surface area contributed by atoms with Crippen LogP contribution in [0.2, 0.25) is 0 Å². The van der Waals surface area contributed by atoms with Gasteiger partial charge in [0, 0.05) is 18.5 Å². The highest BCUT2D eigenvalue weighted by molar-refractivity contribution is 5.86. The molecule has 1 heterocycles. The summed E-state index contributed by atoms with van der Waals surface area (Å²) in [5.41, 5.74) is 0.496. The molecule has 0 spiro atoms. The molecule has 5 heteroatoms. The fourth-order valence-electron chi connectivity index (χ4n) is 1.33. The van der Waals surface area contributed by atoms with Crippen molar-refractivity contribution in [2.45, 2.75) is 7.43 Å². The van der Waals surface area contributed by atoms with Crippen molar-refractivity contribution in [3.63, 3.8) is 0 Å². The van der Waals surface area contributed by atoms with Crippen molar-refractivity contribution in [3.05, 3.63) is 64.3 Å². The van der Waals surface area contributed by atoms with Crippen LogP contribution in [0.15, 0.2) is 53.7 Å². The van der Waals surface area contributed by atoms with E-state index in [0.29, 0.717) is 11.4 Å². The molecule has 0 radical (unpaired) electrons. The molecule has 1 aromatic heterocycles. The summed E-state index contributed by atoms with van der Waals surface area (Å²) in [6.07, 6.45) is 3.06. The van der Waals surface area contributed by atoms with Crippen LogP contribution in [0, 0.1) is 10.1 Å². The summed E-state index contributed by atoms with van der Waals surface area (Å²) >= 11 is 0. The Balaban J connectivity index is 0.00000162. The Labute approximate surface area is 105 Å². The van der Waals surface area contributed by atoms with Crippen LogP contribution in [0.4, 0.5) is 11.5 Å². The normalized spacial score (nSPS) is 10.0. The molecule has 2 aromatic rings. The smallest absolute Gasteiger partial charge is 0.258 e. The second kappa shape index (κ2) is 6.24. The lowest BCUT2D eigenvalue weighted by atomic mass is 10.2. The zero-order chi connectivity index (χ0) is 12.1. The van der Waals surface area contributed by atoms with Crippen molar-refractivity contribution in [2.75, 3.05) is 0 Å². The lowest BCUT2D eigenvalue weighted by Crippen LogP contribution is -1.93. The molecule has 92 valence electrons. The van der Waals surface area contributed by atoms with Crippen LogP contribution in [-0.4, -0.2) is 16.1 Å². The number of pyridine rings is 1. The van der Waals surface area contributed by atoms with Crippen molar-refractivity contribution in [1.29, 1.82) is 0 Å². The second-order valence-corrected chi connectivity index (χ2v) is 3.26. The lowest BCUT2D eigenvalue weighted by molar-refractivity contribution is -0.385. The van der Waals surface area contributed by atoms with E-state index in [4.69, 9.17) is 0 Å². The lowest BCUT2D eigenvalue weighted by Gasteiger charge is -1.95. The summed E-state index contributed by atoms with van der Waals surface area (Å²) in [7, 11) is 0. The Bertz CT molecular complexity index is 553. The zero-order valence-corrected chi connectivity index (χ0v) is 8.85. The predicted molar refractivity (Wildman–Crippen MR) is 71.3 cm³/mol. The van der Waals surface area contributed by atoms with Gasteiger partial charge in [0.1, 0.15) is 0 Å². The predicted octanol–water partition coefficient (Wildman–Crippen LogP) is 3.38. The number of benzene rings is 1. The quantitative estimate of drug-likeness (QED) is 0.471. The van der Waals surface area contributed by atoms with Crippen molar-refractivity contribution in [2.24, 2.45) is 4.99 Å². The molecular formula is C13H13N3O2. The van der Waals surface area contributed by atoms with Crippen LogP contribution in [0.25, 0.3) is 0 Å². The fourth-order valence-corrected chi connectivity index (χ4v) is 1.33. The van der Waals surface area contributed by atoms with Gasteiger partial charge in [-0.05, 0) is 18.2 Å². The van der Waals surface area contributed by atoms with Crippen LogP contribution in [0.1, 0.15) is 13.0 Å².